The Morgan fingerprint density at radius 3 is 2.89 bits per heavy atom. The van der Waals surface area contributed by atoms with Crippen LogP contribution in [0.4, 0.5) is 11.4 Å². The van der Waals surface area contributed by atoms with Gasteiger partial charge in [0.1, 0.15) is 5.69 Å². The van der Waals surface area contributed by atoms with E-state index in [0.29, 0.717) is 5.02 Å². The molecule has 7 heteroatoms. The zero-order valence-corrected chi connectivity index (χ0v) is 10.9. The molecular weight excluding hydrogens is 270 g/mol. The molecule has 1 heterocycles. The number of carbonyl (C=O) groups excluding carboxylic acids is 1. The number of anilines is 1. The van der Waals surface area contributed by atoms with Gasteiger partial charge in [-0.3, -0.25) is 14.9 Å². The summed E-state index contributed by atoms with van der Waals surface area (Å²) in [7, 11) is 0. The van der Waals surface area contributed by atoms with Crippen LogP contribution in [0.3, 0.4) is 0 Å². The second-order valence-corrected chi connectivity index (χ2v) is 4.85. The van der Waals surface area contributed by atoms with Crippen molar-refractivity contribution < 1.29 is 9.72 Å². The molecule has 2 rings (SSSR count). The third kappa shape index (κ3) is 3.42. The average Bonchev–Trinajstić information content (AvgIpc) is 2.39. The third-order valence-corrected chi connectivity index (χ3v) is 3.28. The minimum absolute atomic E-state index is 0.134. The van der Waals surface area contributed by atoms with Crippen molar-refractivity contribution in [2.45, 2.75) is 25.3 Å². The maximum atomic E-state index is 12.0. The van der Waals surface area contributed by atoms with E-state index in [1.807, 2.05) is 0 Å². The number of halogens is 1. The lowest BCUT2D eigenvalue weighted by Crippen LogP contribution is -2.43. The van der Waals surface area contributed by atoms with Crippen molar-refractivity contribution in [3.8, 4) is 0 Å². The number of nitrogens with zero attached hydrogens (tertiary/aromatic N) is 1. The van der Waals surface area contributed by atoms with Gasteiger partial charge in [-0.1, -0.05) is 18.0 Å². The monoisotopic (exact) mass is 283 g/mol. The highest BCUT2D eigenvalue weighted by Crippen LogP contribution is 2.28. The van der Waals surface area contributed by atoms with Crippen LogP contribution < -0.4 is 10.6 Å². The van der Waals surface area contributed by atoms with Crippen LogP contribution in [0.15, 0.2) is 18.2 Å². The quantitative estimate of drug-likeness (QED) is 0.659. The Bertz CT molecular complexity index is 501. The van der Waals surface area contributed by atoms with Crippen LogP contribution in [-0.2, 0) is 4.79 Å². The van der Waals surface area contributed by atoms with Gasteiger partial charge >= 0.3 is 0 Å². The fraction of sp³-hybridized carbons (Fsp3) is 0.417. The van der Waals surface area contributed by atoms with Gasteiger partial charge < -0.3 is 10.6 Å². The van der Waals surface area contributed by atoms with Gasteiger partial charge in [0, 0.05) is 11.1 Å². The Morgan fingerprint density at radius 2 is 2.26 bits per heavy atom. The summed E-state index contributed by atoms with van der Waals surface area (Å²) in [6, 6.07) is 3.80. The molecule has 1 amide bonds. The van der Waals surface area contributed by atoms with E-state index in [1.54, 1.807) is 0 Å². The Labute approximate surface area is 115 Å². The molecule has 1 aromatic carbocycles. The lowest BCUT2D eigenvalue weighted by Gasteiger charge is -2.22. The lowest BCUT2D eigenvalue weighted by atomic mass is 10.0. The number of piperidine rings is 1. The molecule has 0 radical (unpaired) electrons. The number of hydrogen-bond donors (Lipinski definition) is 2. The molecule has 1 aliphatic rings. The van der Waals surface area contributed by atoms with Gasteiger partial charge in [-0.2, -0.15) is 0 Å². The molecular formula is C12H14ClN3O3. The highest BCUT2D eigenvalue weighted by molar-refractivity contribution is 6.31. The first-order chi connectivity index (χ1) is 9.08. The standard InChI is InChI=1S/C12H14ClN3O3/c13-8-4-5-11(16(18)19)10(7-8)15-12(17)9-3-1-2-6-14-9/h4-5,7,9,14H,1-3,6H2,(H,15,17)/t9-/m0/s1. The maximum Gasteiger partial charge on any atom is 0.292 e. The second-order valence-electron chi connectivity index (χ2n) is 4.41. The van der Waals surface area contributed by atoms with Crippen molar-refractivity contribution in [1.29, 1.82) is 0 Å². The Hall–Kier alpha value is -1.66. The number of nitro groups is 1. The third-order valence-electron chi connectivity index (χ3n) is 3.04. The minimum Gasteiger partial charge on any atom is -0.319 e. The number of hydrogen-bond acceptors (Lipinski definition) is 4. The Morgan fingerprint density at radius 1 is 1.47 bits per heavy atom. The number of benzene rings is 1. The molecule has 19 heavy (non-hydrogen) atoms. The minimum atomic E-state index is -0.541. The first-order valence-corrected chi connectivity index (χ1v) is 6.44. The largest absolute Gasteiger partial charge is 0.319 e. The van der Waals surface area contributed by atoms with Gasteiger partial charge in [-0.15, -0.1) is 0 Å². The van der Waals surface area contributed by atoms with Gasteiger partial charge in [-0.05, 0) is 31.5 Å². The molecule has 0 saturated carbocycles. The number of nitrogens with one attached hydrogen (secondary N) is 2. The maximum absolute atomic E-state index is 12.0. The van der Waals surface area contributed by atoms with Crippen molar-refractivity contribution in [2.75, 3.05) is 11.9 Å². The van der Waals surface area contributed by atoms with E-state index in [2.05, 4.69) is 10.6 Å². The first kappa shape index (κ1) is 13.8. The van der Waals surface area contributed by atoms with E-state index >= 15 is 0 Å². The molecule has 2 N–H and O–H groups in total. The molecule has 102 valence electrons. The van der Waals surface area contributed by atoms with Crippen LogP contribution in [0.1, 0.15) is 19.3 Å². The molecule has 1 atom stereocenters. The van der Waals surface area contributed by atoms with E-state index < -0.39 is 4.92 Å². The van der Waals surface area contributed by atoms with Gasteiger partial charge in [0.2, 0.25) is 5.91 Å². The van der Waals surface area contributed by atoms with E-state index in [1.165, 1.54) is 18.2 Å². The number of nitro benzene ring substituents is 1. The number of amides is 1. The van der Waals surface area contributed by atoms with Crippen LogP contribution >= 0.6 is 11.6 Å². The molecule has 6 nitrogen and oxygen atoms in total. The summed E-state index contributed by atoms with van der Waals surface area (Å²) < 4.78 is 0. The van der Waals surface area contributed by atoms with Crippen molar-refractivity contribution in [2.24, 2.45) is 0 Å². The predicted octanol–water partition coefficient (Wildman–Crippen LogP) is 2.33. The SMILES string of the molecule is O=C(Nc1cc(Cl)ccc1[N+](=O)[O-])[C@@H]1CCCCN1. The summed E-state index contributed by atoms with van der Waals surface area (Å²) in [5.41, 5.74) is -0.0246. The number of carbonyl (C=O) groups is 1. The zero-order chi connectivity index (χ0) is 13.8. The molecule has 0 unspecified atom stereocenters. The summed E-state index contributed by atoms with van der Waals surface area (Å²) >= 11 is 5.80. The first-order valence-electron chi connectivity index (χ1n) is 6.06. The van der Waals surface area contributed by atoms with E-state index in [-0.39, 0.29) is 23.3 Å². The summed E-state index contributed by atoms with van der Waals surface area (Å²) in [4.78, 5) is 22.4. The molecule has 0 aromatic heterocycles. The van der Waals surface area contributed by atoms with E-state index in [9.17, 15) is 14.9 Å². The van der Waals surface area contributed by atoms with Crippen molar-refractivity contribution in [3.63, 3.8) is 0 Å². The van der Waals surface area contributed by atoms with Gasteiger partial charge in [0.05, 0.1) is 11.0 Å². The van der Waals surface area contributed by atoms with Crippen LogP contribution in [0.2, 0.25) is 5.02 Å². The average molecular weight is 284 g/mol. The fourth-order valence-electron chi connectivity index (χ4n) is 2.06. The zero-order valence-electron chi connectivity index (χ0n) is 10.2. The Kier molecular flexibility index (Phi) is 4.34. The molecule has 0 spiro atoms. The van der Waals surface area contributed by atoms with Gasteiger partial charge in [0.25, 0.3) is 5.69 Å². The molecule has 1 aliphatic heterocycles. The van der Waals surface area contributed by atoms with Crippen molar-refractivity contribution >= 4 is 28.9 Å². The lowest BCUT2D eigenvalue weighted by molar-refractivity contribution is -0.383. The summed E-state index contributed by atoms with van der Waals surface area (Å²) in [5, 5.41) is 16.9. The van der Waals surface area contributed by atoms with Crippen molar-refractivity contribution in [3.05, 3.63) is 33.3 Å². The topological polar surface area (TPSA) is 84.3 Å². The van der Waals surface area contributed by atoms with E-state index in [0.717, 1.165) is 25.8 Å². The molecule has 0 bridgehead atoms. The molecule has 1 aromatic rings. The molecule has 0 aliphatic carbocycles. The van der Waals surface area contributed by atoms with Crippen LogP contribution in [0, 0.1) is 10.1 Å². The van der Waals surface area contributed by atoms with Crippen molar-refractivity contribution in [1.82, 2.24) is 5.32 Å². The second kappa shape index (κ2) is 5.99. The highest BCUT2D eigenvalue weighted by Gasteiger charge is 2.23. The molecule has 1 fully saturated rings. The van der Waals surface area contributed by atoms with Crippen LogP contribution in [0.5, 0.6) is 0 Å². The van der Waals surface area contributed by atoms with Gasteiger partial charge in [0.15, 0.2) is 0 Å². The van der Waals surface area contributed by atoms with Gasteiger partial charge in [-0.25, -0.2) is 0 Å². The fourth-order valence-corrected chi connectivity index (χ4v) is 2.24. The van der Waals surface area contributed by atoms with E-state index in [4.69, 9.17) is 11.6 Å². The van der Waals surface area contributed by atoms with Crippen LogP contribution in [0.25, 0.3) is 0 Å². The molecule has 1 saturated heterocycles. The number of rotatable bonds is 3. The normalized spacial score (nSPS) is 18.9. The Balaban J connectivity index is 2.15. The summed E-state index contributed by atoms with van der Waals surface area (Å²) in [6.45, 7) is 0.787. The highest BCUT2D eigenvalue weighted by atomic mass is 35.5. The summed E-state index contributed by atoms with van der Waals surface area (Å²) in [6.07, 6.45) is 2.75. The predicted molar refractivity (Wildman–Crippen MR) is 72.4 cm³/mol. The van der Waals surface area contributed by atoms with Crippen LogP contribution in [-0.4, -0.2) is 23.4 Å². The smallest absolute Gasteiger partial charge is 0.292 e. The summed E-state index contributed by atoms with van der Waals surface area (Å²) in [5.74, 6) is -0.259.